The van der Waals surface area contributed by atoms with E-state index in [2.05, 4.69) is 359 Å². The molecule has 121 heavy (non-hydrogen) atoms. The summed E-state index contributed by atoms with van der Waals surface area (Å²) in [5, 5.41) is 16.2. The van der Waals surface area contributed by atoms with Gasteiger partial charge in [0.2, 0.25) is 0 Å². The molecule has 566 valence electrons. The number of rotatable bonds is 11. The molecule has 0 fully saturated rings. The van der Waals surface area contributed by atoms with Crippen LogP contribution in [0.3, 0.4) is 0 Å². The van der Waals surface area contributed by atoms with E-state index in [0.717, 1.165) is 72.9 Å². The Morgan fingerprint density at radius 2 is 0.504 bits per heavy atom. The summed E-state index contributed by atoms with van der Waals surface area (Å²) in [4.78, 5) is 29.9. The van der Waals surface area contributed by atoms with Gasteiger partial charge in [-0.2, -0.15) is 0 Å². The first-order chi connectivity index (χ1) is 60.0. The topological polar surface area (TPSA) is 92.1 Å². The maximum Gasteiger partial charge on any atom is 0.164 e. The average Bonchev–Trinajstić information content (AvgIpc) is 1.56. The third-order valence-electron chi connectivity index (χ3n) is 23.2. The Balaban J connectivity index is 0.000000110. The van der Waals surface area contributed by atoms with Crippen LogP contribution < -0.4 is 0 Å². The second kappa shape index (κ2) is 30.7. The van der Waals surface area contributed by atoms with Crippen molar-refractivity contribution in [3.8, 4) is 108 Å². The Bertz CT molecular complexity index is 7860. The number of para-hydroxylation sites is 5. The highest BCUT2D eigenvalue weighted by atomic mass is 15.1. The van der Waals surface area contributed by atoms with Crippen LogP contribution in [0, 0.1) is 0 Å². The predicted molar refractivity (Wildman–Crippen MR) is 503 cm³/mol. The largest absolute Gasteiger partial charge is 0.309 e. The number of aromatic nitrogens is 9. The lowest BCUT2D eigenvalue weighted by molar-refractivity contribution is 1.07. The van der Waals surface area contributed by atoms with Crippen molar-refractivity contribution in [1.82, 2.24) is 43.6 Å². The van der Waals surface area contributed by atoms with Gasteiger partial charge in [-0.05, 0) is 135 Å². The zero-order valence-corrected chi connectivity index (χ0v) is 65.7. The molecule has 6 aromatic heterocycles. The number of hydrogen-bond acceptors (Lipinski definition) is 6. The molecule has 24 aromatic rings. The number of hydrogen-bond donors (Lipinski definition) is 0. The highest BCUT2D eigenvalue weighted by Crippen LogP contribution is 2.45. The first kappa shape index (κ1) is 71.2. The molecule has 9 heteroatoms. The Kier molecular flexibility index (Phi) is 18.1. The van der Waals surface area contributed by atoms with E-state index < -0.39 is 0 Å². The highest BCUT2D eigenvalue weighted by molar-refractivity contribution is 6.32. The molecule has 0 saturated carbocycles. The van der Waals surface area contributed by atoms with Crippen LogP contribution in [0.25, 0.3) is 216 Å². The van der Waals surface area contributed by atoms with E-state index in [1.807, 2.05) is 97.1 Å². The van der Waals surface area contributed by atoms with E-state index >= 15 is 0 Å². The highest BCUT2D eigenvalue weighted by Gasteiger charge is 2.23. The SMILES string of the molecule is c1ccc(-c2cc(-c3ccccc3)nc(-c3ccc(-n4c5ccccc5c5c6ccccc6c6ccccc6c54)cc3)n2)cc1.c1ccc(-c2ccc(-c3cc(-n4c5ccccc5c5ccccc54)nc4ccccc34)cc2)cc1.c1ccc(-c2nc(-c3ccccc3)nc(-c3ccc(-n4c5ccccc5c5ccc6ccccc6c54)cc3)n2)cc1. The van der Waals surface area contributed by atoms with Gasteiger partial charge in [-0.15, -0.1) is 0 Å². The molecule has 24 rings (SSSR count). The van der Waals surface area contributed by atoms with Gasteiger partial charge in [-0.3, -0.25) is 4.57 Å². The van der Waals surface area contributed by atoms with Crippen LogP contribution in [0.5, 0.6) is 0 Å². The molecule has 0 aliphatic heterocycles. The number of pyridine rings is 1. The van der Waals surface area contributed by atoms with Gasteiger partial charge in [-0.25, -0.2) is 29.9 Å². The molecule has 0 amide bonds. The van der Waals surface area contributed by atoms with E-state index in [4.69, 9.17) is 29.9 Å². The molecule has 6 heterocycles. The van der Waals surface area contributed by atoms with Crippen molar-refractivity contribution in [2.24, 2.45) is 0 Å². The molecular weight excluding hydrogens is 1470 g/mol. The summed E-state index contributed by atoms with van der Waals surface area (Å²) in [6.45, 7) is 0. The van der Waals surface area contributed by atoms with Crippen LogP contribution in [0.1, 0.15) is 0 Å². The van der Waals surface area contributed by atoms with Crippen LogP contribution in [0.2, 0.25) is 0 Å². The fourth-order valence-corrected chi connectivity index (χ4v) is 17.6. The number of benzene rings is 18. The predicted octanol–water partition coefficient (Wildman–Crippen LogP) is 28.7. The molecule has 0 bridgehead atoms. The lowest BCUT2D eigenvalue weighted by atomic mass is 9.97. The minimum Gasteiger partial charge on any atom is -0.309 e. The Labute approximate surface area is 698 Å². The summed E-state index contributed by atoms with van der Waals surface area (Å²) >= 11 is 0. The second-order valence-corrected chi connectivity index (χ2v) is 30.4. The fraction of sp³-hybridized carbons (Fsp3) is 0. The van der Waals surface area contributed by atoms with Crippen LogP contribution in [-0.4, -0.2) is 43.6 Å². The van der Waals surface area contributed by atoms with Gasteiger partial charge in [0.15, 0.2) is 23.3 Å². The van der Waals surface area contributed by atoms with E-state index in [-0.39, 0.29) is 0 Å². The molecule has 0 unspecified atom stereocenters. The van der Waals surface area contributed by atoms with Crippen LogP contribution in [-0.2, 0) is 0 Å². The van der Waals surface area contributed by atoms with Gasteiger partial charge < -0.3 is 9.13 Å². The van der Waals surface area contributed by atoms with Crippen LogP contribution >= 0.6 is 0 Å². The summed E-state index contributed by atoms with van der Waals surface area (Å²) in [6, 6.07) is 155. The van der Waals surface area contributed by atoms with Gasteiger partial charge in [0, 0.05) is 93.2 Å². The molecule has 0 atom stereocenters. The summed E-state index contributed by atoms with van der Waals surface area (Å²) in [5.74, 6) is 3.61. The molecule has 0 saturated heterocycles. The minimum atomic E-state index is 0.650. The zero-order chi connectivity index (χ0) is 80.1. The molecule has 0 N–H and O–H groups in total. The Morgan fingerprint density at radius 1 is 0.174 bits per heavy atom. The first-order valence-corrected chi connectivity index (χ1v) is 40.9. The van der Waals surface area contributed by atoms with Crippen LogP contribution in [0.4, 0.5) is 0 Å². The maximum absolute atomic E-state index is 5.13. The first-order valence-electron chi connectivity index (χ1n) is 40.9. The molecule has 0 radical (unpaired) electrons. The molecular formula is C112H73N9. The summed E-state index contributed by atoms with van der Waals surface area (Å²) in [6.07, 6.45) is 0. The molecule has 0 aliphatic carbocycles. The van der Waals surface area contributed by atoms with E-state index in [1.165, 1.54) is 120 Å². The van der Waals surface area contributed by atoms with Crippen molar-refractivity contribution in [2.45, 2.75) is 0 Å². The van der Waals surface area contributed by atoms with Gasteiger partial charge in [-0.1, -0.05) is 352 Å². The Morgan fingerprint density at radius 3 is 1.02 bits per heavy atom. The standard InChI is InChI=1S/C42H27N3.C37H24N4.C33H22N2/c1-3-13-28(14-4-1)37-27-38(29-15-5-2-6-16-29)44-42(43-37)30-23-25-31(26-24-30)45-39-22-12-11-21-36(39)40-34-19-9-7-17-32(34)33-18-8-10-20-35(33)41(40)45;1-3-12-26(13-4-1)35-38-36(27-14-5-2-6-15-27)40-37(39-35)28-19-22-29(23-20-28)41-33-18-10-9-17-31(33)32-24-21-25-11-7-8-16-30(25)34(32)41;1-2-10-23(11-3-1)24-18-20-25(21-19-24)29-22-33(34-30-15-7-4-12-26(29)30)35-31-16-8-5-13-27(31)28-14-6-9-17-32(28)35/h1-27H;1-24H;1-22H. The molecule has 18 aromatic carbocycles. The minimum absolute atomic E-state index is 0.650. The molecule has 0 aliphatic rings. The smallest absolute Gasteiger partial charge is 0.164 e. The third kappa shape index (κ3) is 13.0. The summed E-state index contributed by atoms with van der Waals surface area (Å²) in [7, 11) is 0. The number of fused-ring (bicyclic) bond motifs is 17. The van der Waals surface area contributed by atoms with Crippen molar-refractivity contribution < 1.29 is 0 Å². The lowest BCUT2D eigenvalue weighted by Crippen LogP contribution is -2.00. The summed E-state index contributed by atoms with van der Waals surface area (Å²) in [5.41, 5.74) is 23.0. The maximum atomic E-state index is 5.13. The second-order valence-electron chi connectivity index (χ2n) is 30.4. The van der Waals surface area contributed by atoms with Crippen molar-refractivity contribution >= 4 is 109 Å². The molecule has 9 nitrogen and oxygen atoms in total. The zero-order valence-electron chi connectivity index (χ0n) is 65.7. The van der Waals surface area contributed by atoms with E-state index in [9.17, 15) is 0 Å². The van der Waals surface area contributed by atoms with Gasteiger partial charge in [0.1, 0.15) is 5.82 Å². The van der Waals surface area contributed by atoms with E-state index in [0.29, 0.717) is 23.3 Å². The normalized spacial score (nSPS) is 11.5. The van der Waals surface area contributed by atoms with Crippen molar-refractivity contribution in [3.05, 3.63) is 443 Å². The lowest BCUT2D eigenvalue weighted by Gasteiger charge is -2.13. The van der Waals surface area contributed by atoms with E-state index in [1.54, 1.807) is 0 Å². The van der Waals surface area contributed by atoms with Gasteiger partial charge in [0.05, 0.1) is 50.0 Å². The van der Waals surface area contributed by atoms with Crippen LogP contribution in [0.15, 0.2) is 443 Å². The number of nitrogens with zero attached hydrogens (tertiary/aromatic N) is 9. The average molecular weight is 1540 g/mol. The van der Waals surface area contributed by atoms with Gasteiger partial charge >= 0.3 is 0 Å². The fourth-order valence-electron chi connectivity index (χ4n) is 17.6. The third-order valence-corrected chi connectivity index (χ3v) is 23.2. The monoisotopic (exact) mass is 1540 g/mol. The van der Waals surface area contributed by atoms with Crippen molar-refractivity contribution in [1.29, 1.82) is 0 Å². The van der Waals surface area contributed by atoms with Gasteiger partial charge in [0.25, 0.3) is 0 Å². The summed E-state index contributed by atoms with van der Waals surface area (Å²) < 4.78 is 7.08. The van der Waals surface area contributed by atoms with Crippen molar-refractivity contribution in [3.63, 3.8) is 0 Å². The quantitative estimate of drug-likeness (QED) is 0.120. The molecule has 0 spiro atoms. The Hall–Kier alpha value is -16.4. The van der Waals surface area contributed by atoms with Crippen molar-refractivity contribution in [2.75, 3.05) is 0 Å².